The van der Waals surface area contributed by atoms with Crippen LogP contribution in [0.3, 0.4) is 0 Å². The highest BCUT2D eigenvalue weighted by atomic mass is 16.7. The molecular formula is C26H47N3O8. The molecule has 4 unspecified atom stereocenters. The fourth-order valence-corrected chi connectivity index (χ4v) is 4.73. The SMILES string of the molecule is CNC(=O)[C@@H](NC(=O)C(CC(C)C)C(COC1CCCCO1)(OC1CCCCO1)C(=O)NO)C(C)(C)C. The van der Waals surface area contributed by atoms with Crippen molar-refractivity contribution < 1.29 is 38.5 Å². The van der Waals surface area contributed by atoms with Gasteiger partial charge in [0.05, 0.1) is 12.5 Å². The third-order valence-corrected chi connectivity index (χ3v) is 6.83. The van der Waals surface area contributed by atoms with Crippen LogP contribution in [0, 0.1) is 17.3 Å². The summed E-state index contributed by atoms with van der Waals surface area (Å²) in [5.74, 6) is -2.96. The van der Waals surface area contributed by atoms with Gasteiger partial charge < -0.3 is 29.6 Å². The Morgan fingerprint density at radius 1 is 0.973 bits per heavy atom. The van der Waals surface area contributed by atoms with Crippen LogP contribution >= 0.6 is 0 Å². The smallest absolute Gasteiger partial charge is 0.278 e. The maximum Gasteiger partial charge on any atom is 0.278 e. The Hall–Kier alpha value is -1.79. The first-order valence-corrected chi connectivity index (χ1v) is 13.4. The minimum atomic E-state index is -1.93. The van der Waals surface area contributed by atoms with Gasteiger partial charge in [-0.25, -0.2) is 5.48 Å². The Kier molecular flexibility index (Phi) is 12.2. The van der Waals surface area contributed by atoms with Gasteiger partial charge in [-0.05, 0) is 56.3 Å². The average Bonchev–Trinajstić information content (AvgIpc) is 2.87. The van der Waals surface area contributed by atoms with E-state index < -0.39 is 47.4 Å². The number of likely N-dealkylation sites (N-methyl/N-ethyl adjacent to an activating group) is 1. The molecule has 2 heterocycles. The van der Waals surface area contributed by atoms with E-state index in [0.717, 1.165) is 25.7 Å². The van der Waals surface area contributed by atoms with Crippen molar-refractivity contribution in [3.63, 3.8) is 0 Å². The Bertz CT molecular complexity index is 745. The maximum atomic E-state index is 14.0. The standard InChI is InChI=1S/C26H47N3O8/c1-17(2)15-18(22(30)28-21(23(31)27-6)25(3,4)5)26(24(32)29-33,37-20-12-8-10-14-35-20)16-36-19-11-7-9-13-34-19/h17-21,33H,7-16H2,1-6H3,(H,27,31)(H,28,30)(H,29,32)/t18?,19?,20?,21-,26?/m1/s1. The average molecular weight is 530 g/mol. The molecule has 5 atom stereocenters. The minimum Gasteiger partial charge on any atom is -0.357 e. The van der Waals surface area contributed by atoms with Gasteiger partial charge in [0.2, 0.25) is 11.8 Å². The van der Waals surface area contributed by atoms with Gasteiger partial charge in [-0.3, -0.25) is 19.6 Å². The fourth-order valence-electron chi connectivity index (χ4n) is 4.73. The molecular weight excluding hydrogens is 482 g/mol. The number of hydrogen-bond donors (Lipinski definition) is 4. The van der Waals surface area contributed by atoms with Gasteiger partial charge in [0.15, 0.2) is 18.2 Å². The topological polar surface area (TPSA) is 144 Å². The van der Waals surface area contributed by atoms with Gasteiger partial charge in [0.1, 0.15) is 6.04 Å². The van der Waals surface area contributed by atoms with E-state index in [4.69, 9.17) is 18.9 Å². The highest BCUT2D eigenvalue weighted by molar-refractivity contribution is 5.95. The van der Waals surface area contributed by atoms with Crippen LogP contribution in [0.1, 0.15) is 79.6 Å². The Morgan fingerprint density at radius 3 is 2.03 bits per heavy atom. The normalized spacial score (nSPS) is 24.0. The number of amides is 3. The molecule has 0 radical (unpaired) electrons. The predicted molar refractivity (Wildman–Crippen MR) is 135 cm³/mol. The van der Waals surface area contributed by atoms with Crippen LogP contribution in [0.5, 0.6) is 0 Å². The monoisotopic (exact) mass is 529 g/mol. The fraction of sp³-hybridized carbons (Fsp3) is 0.885. The Balaban J connectivity index is 2.50. The van der Waals surface area contributed by atoms with Crippen LogP contribution in [-0.4, -0.2) is 74.0 Å². The number of carbonyl (C=O) groups is 3. The van der Waals surface area contributed by atoms with E-state index in [2.05, 4.69) is 10.6 Å². The van der Waals surface area contributed by atoms with Crippen molar-refractivity contribution in [3.8, 4) is 0 Å². The molecule has 0 aromatic carbocycles. The van der Waals surface area contributed by atoms with Crippen molar-refractivity contribution in [1.82, 2.24) is 16.1 Å². The molecule has 0 aromatic rings. The molecule has 4 N–H and O–H groups in total. The number of rotatable bonds is 12. The van der Waals surface area contributed by atoms with Crippen LogP contribution in [0.25, 0.3) is 0 Å². The molecule has 2 aliphatic heterocycles. The zero-order chi connectivity index (χ0) is 27.6. The summed E-state index contributed by atoms with van der Waals surface area (Å²) in [5, 5.41) is 15.3. The summed E-state index contributed by atoms with van der Waals surface area (Å²) in [4.78, 5) is 40.1. The van der Waals surface area contributed by atoms with Gasteiger partial charge in [-0.1, -0.05) is 34.6 Å². The van der Waals surface area contributed by atoms with Crippen LogP contribution in [0.15, 0.2) is 0 Å². The van der Waals surface area contributed by atoms with Crippen molar-refractivity contribution in [2.45, 2.75) is 104 Å². The van der Waals surface area contributed by atoms with Crippen molar-refractivity contribution in [1.29, 1.82) is 0 Å². The van der Waals surface area contributed by atoms with E-state index in [9.17, 15) is 19.6 Å². The van der Waals surface area contributed by atoms with Crippen LogP contribution in [0.2, 0.25) is 0 Å². The predicted octanol–water partition coefficient (Wildman–Crippen LogP) is 2.26. The minimum absolute atomic E-state index is 0.0310. The van der Waals surface area contributed by atoms with Crippen molar-refractivity contribution in [2.24, 2.45) is 17.3 Å². The van der Waals surface area contributed by atoms with Crippen molar-refractivity contribution in [2.75, 3.05) is 26.9 Å². The van der Waals surface area contributed by atoms with E-state index in [1.807, 2.05) is 34.6 Å². The van der Waals surface area contributed by atoms with E-state index in [1.165, 1.54) is 7.05 Å². The lowest BCUT2D eigenvalue weighted by atomic mass is 9.79. The quantitative estimate of drug-likeness (QED) is 0.223. The highest BCUT2D eigenvalue weighted by Crippen LogP contribution is 2.35. The summed E-state index contributed by atoms with van der Waals surface area (Å²) < 4.78 is 23.8. The molecule has 37 heavy (non-hydrogen) atoms. The zero-order valence-corrected chi connectivity index (χ0v) is 23.3. The lowest BCUT2D eigenvalue weighted by Crippen LogP contribution is -2.64. The first kappa shape index (κ1) is 31.4. The van der Waals surface area contributed by atoms with Crippen molar-refractivity contribution in [3.05, 3.63) is 0 Å². The Morgan fingerprint density at radius 2 is 1.57 bits per heavy atom. The van der Waals surface area contributed by atoms with Gasteiger partial charge in [-0.15, -0.1) is 0 Å². The third kappa shape index (κ3) is 8.88. The summed E-state index contributed by atoms with van der Waals surface area (Å²) in [5.41, 5.74) is -0.835. The lowest BCUT2D eigenvalue weighted by molar-refractivity contribution is -0.267. The van der Waals surface area contributed by atoms with Crippen molar-refractivity contribution >= 4 is 17.7 Å². The molecule has 3 amide bonds. The van der Waals surface area contributed by atoms with Gasteiger partial charge >= 0.3 is 0 Å². The lowest BCUT2D eigenvalue weighted by Gasteiger charge is -2.42. The maximum absolute atomic E-state index is 14.0. The molecule has 2 aliphatic rings. The second-order valence-electron chi connectivity index (χ2n) is 11.5. The molecule has 0 aliphatic carbocycles. The summed E-state index contributed by atoms with van der Waals surface area (Å²) >= 11 is 0. The third-order valence-electron chi connectivity index (χ3n) is 6.83. The highest BCUT2D eigenvalue weighted by Gasteiger charge is 2.54. The summed E-state index contributed by atoms with van der Waals surface area (Å²) in [7, 11) is 1.50. The molecule has 214 valence electrons. The molecule has 2 rings (SSSR count). The van der Waals surface area contributed by atoms with Crippen LogP contribution in [0.4, 0.5) is 0 Å². The molecule has 2 fully saturated rings. The van der Waals surface area contributed by atoms with Gasteiger partial charge in [-0.2, -0.15) is 0 Å². The second-order valence-corrected chi connectivity index (χ2v) is 11.5. The Labute approximate surface area is 220 Å². The van der Waals surface area contributed by atoms with E-state index in [1.54, 1.807) is 5.48 Å². The summed E-state index contributed by atoms with van der Waals surface area (Å²) in [6, 6.07) is -0.872. The second kappa shape index (κ2) is 14.4. The number of hydroxylamine groups is 1. The largest absolute Gasteiger partial charge is 0.357 e. The van der Waals surface area contributed by atoms with Gasteiger partial charge in [0.25, 0.3) is 5.91 Å². The number of carbonyl (C=O) groups excluding carboxylic acids is 3. The number of hydrogen-bond acceptors (Lipinski definition) is 8. The van der Waals surface area contributed by atoms with Crippen LogP contribution < -0.4 is 16.1 Å². The van der Waals surface area contributed by atoms with Crippen LogP contribution in [-0.2, 0) is 33.3 Å². The molecule has 0 spiro atoms. The summed E-state index contributed by atoms with van der Waals surface area (Å²) in [6.45, 7) is 10.0. The first-order chi connectivity index (χ1) is 17.4. The first-order valence-electron chi connectivity index (χ1n) is 13.4. The molecule has 0 aromatic heterocycles. The number of ether oxygens (including phenoxy) is 4. The van der Waals surface area contributed by atoms with Gasteiger partial charge in [0, 0.05) is 20.3 Å². The zero-order valence-electron chi connectivity index (χ0n) is 23.3. The molecule has 11 heteroatoms. The molecule has 0 saturated carbocycles. The molecule has 0 bridgehead atoms. The van der Waals surface area contributed by atoms with E-state index in [0.29, 0.717) is 26.1 Å². The summed E-state index contributed by atoms with van der Waals surface area (Å²) in [6.07, 6.45) is 3.59. The van der Waals surface area contributed by atoms with E-state index in [-0.39, 0.29) is 24.9 Å². The number of nitrogens with one attached hydrogen (secondary N) is 3. The van der Waals surface area contributed by atoms with E-state index >= 15 is 0 Å². The molecule has 2 saturated heterocycles. The molecule has 11 nitrogen and oxygen atoms in total.